The minimum atomic E-state index is -0.242. The third-order valence-electron chi connectivity index (χ3n) is 1.84. The van der Waals surface area contributed by atoms with Gasteiger partial charge in [-0.25, -0.2) is 0 Å². The van der Waals surface area contributed by atoms with Gasteiger partial charge >= 0.3 is 5.97 Å². The van der Waals surface area contributed by atoms with E-state index in [9.17, 15) is 4.79 Å². The second kappa shape index (κ2) is 5.56. The van der Waals surface area contributed by atoms with E-state index in [-0.39, 0.29) is 12.4 Å². The molecule has 1 aromatic heterocycles. The summed E-state index contributed by atoms with van der Waals surface area (Å²) in [7, 11) is 0. The van der Waals surface area contributed by atoms with Gasteiger partial charge in [-0.1, -0.05) is 11.6 Å². The number of nitrogen functional groups attached to an aromatic ring is 1. The largest absolute Gasteiger partial charge is 0.466 e. The predicted octanol–water partition coefficient (Wildman–Crippen LogP) is 1.81. The third kappa shape index (κ3) is 3.75. The van der Waals surface area contributed by atoms with Crippen LogP contribution < -0.4 is 5.73 Å². The van der Waals surface area contributed by atoms with Crippen molar-refractivity contribution in [2.45, 2.75) is 19.8 Å². The van der Waals surface area contributed by atoms with Crippen LogP contribution in [0.3, 0.4) is 0 Å². The third-order valence-corrected chi connectivity index (χ3v) is 2.05. The minimum Gasteiger partial charge on any atom is -0.466 e. The van der Waals surface area contributed by atoms with Gasteiger partial charge < -0.3 is 10.5 Å². The molecule has 0 bridgehead atoms. The minimum absolute atomic E-state index is 0.242. The molecule has 1 rings (SSSR count). The molecule has 0 unspecified atom stereocenters. The highest BCUT2D eigenvalue weighted by Gasteiger charge is 2.06. The smallest absolute Gasteiger partial charge is 0.306 e. The Morgan fingerprint density at radius 1 is 1.67 bits per heavy atom. The Balaban J connectivity index is 2.54. The number of esters is 1. The van der Waals surface area contributed by atoms with Crippen molar-refractivity contribution in [3.63, 3.8) is 0 Å². The first-order valence-electron chi connectivity index (χ1n) is 4.69. The van der Waals surface area contributed by atoms with Crippen LogP contribution in [0.4, 0.5) is 5.69 Å². The van der Waals surface area contributed by atoms with Gasteiger partial charge in [-0.05, 0) is 13.0 Å². The van der Waals surface area contributed by atoms with E-state index in [4.69, 9.17) is 22.1 Å². The van der Waals surface area contributed by atoms with E-state index >= 15 is 0 Å². The highest BCUT2D eigenvalue weighted by atomic mass is 35.5. The summed E-state index contributed by atoms with van der Waals surface area (Å²) in [6.07, 6.45) is 2.27. The molecule has 1 heterocycles. The Morgan fingerprint density at radius 2 is 2.40 bits per heavy atom. The van der Waals surface area contributed by atoms with Crippen molar-refractivity contribution in [1.82, 2.24) is 4.98 Å². The van der Waals surface area contributed by atoms with Crippen molar-refractivity contribution in [2.24, 2.45) is 0 Å². The van der Waals surface area contributed by atoms with Gasteiger partial charge in [0, 0.05) is 12.6 Å². The van der Waals surface area contributed by atoms with E-state index in [0.717, 1.165) is 0 Å². The lowest BCUT2D eigenvalue weighted by Gasteiger charge is -2.04. The Hall–Kier alpha value is -1.29. The maximum atomic E-state index is 11.1. The number of pyridine rings is 1. The van der Waals surface area contributed by atoms with Crippen molar-refractivity contribution in [3.8, 4) is 0 Å². The Kier molecular flexibility index (Phi) is 4.37. The fourth-order valence-corrected chi connectivity index (χ4v) is 1.31. The molecule has 15 heavy (non-hydrogen) atoms. The topological polar surface area (TPSA) is 65.2 Å². The van der Waals surface area contributed by atoms with E-state index in [2.05, 4.69) is 4.98 Å². The number of hydrogen-bond donors (Lipinski definition) is 1. The van der Waals surface area contributed by atoms with Crippen LogP contribution >= 0.6 is 11.6 Å². The van der Waals surface area contributed by atoms with Crippen LogP contribution in [0.15, 0.2) is 12.3 Å². The standard InChI is InChI=1S/C10H13ClN2O2/c1-2-15-10(14)4-3-9-8(12)5-7(11)6-13-9/h5-6H,2-4,12H2,1H3. The fourth-order valence-electron chi connectivity index (χ4n) is 1.15. The van der Waals surface area contributed by atoms with Crippen LogP contribution in [-0.2, 0) is 16.0 Å². The normalized spacial score (nSPS) is 10.0. The van der Waals surface area contributed by atoms with Gasteiger partial charge in [-0.15, -0.1) is 0 Å². The Bertz CT molecular complexity index is 355. The summed E-state index contributed by atoms with van der Waals surface area (Å²) in [5.41, 5.74) is 6.86. The zero-order valence-corrected chi connectivity index (χ0v) is 9.25. The lowest BCUT2D eigenvalue weighted by Crippen LogP contribution is -2.07. The molecule has 0 aromatic carbocycles. The number of nitrogens with zero attached hydrogens (tertiary/aromatic N) is 1. The van der Waals surface area contributed by atoms with E-state index < -0.39 is 0 Å². The molecule has 0 spiro atoms. The van der Waals surface area contributed by atoms with Crippen molar-refractivity contribution in [3.05, 3.63) is 23.0 Å². The summed E-state index contributed by atoms with van der Waals surface area (Å²) in [5.74, 6) is -0.242. The number of halogens is 1. The average Bonchev–Trinajstić information content (AvgIpc) is 2.17. The molecule has 0 amide bonds. The molecule has 0 radical (unpaired) electrons. The van der Waals surface area contributed by atoms with Crippen LogP contribution in [0.1, 0.15) is 19.0 Å². The van der Waals surface area contributed by atoms with E-state index in [1.165, 1.54) is 6.20 Å². The predicted molar refractivity (Wildman–Crippen MR) is 58.6 cm³/mol. The SMILES string of the molecule is CCOC(=O)CCc1ncc(Cl)cc1N. The number of carbonyl (C=O) groups excluding carboxylic acids is 1. The zero-order valence-electron chi connectivity index (χ0n) is 8.50. The van der Waals surface area contributed by atoms with Gasteiger partial charge in [0.05, 0.1) is 29.4 Å². The van der Waals surface area contributed by atoms with Gasteiger partial charge in [-0.3, -0.25) is 9.78 Å². The molecule has 0 aliphatic rings. The molecule has 0 fully saturated rings. The molecular weight excluding hydrogens is 216 g/mol. The second-order valence-corrected chi connectivity index (χ2v) is 3.43. The molecule has 1 aromatic rings. The number of aryl methyl sites for hydroxylation is 1. The van der Waals surface area contributed by atoms with Crippen molar-refractivity contribution >= 4 is 23.3 Å². The molecule has 2 N–H and O–H groups in total. The zero-order chi connectivity index (χ0) is 11.3. The number of aromatic nitrogens is 1. The van der Waals surface area contributed by atoms with Crippen molar-refractivity contribution < 1.29 is 9.53 Å². The van der Waals surface area contributed by atoms with Gasteiger partial charge in [0.2, 0.25) is 0 Å². The van der Waals surface area contributed by atoms with Gasteiger partial charge in [-0.2, -0.15) is 0 Å². The molecule has 0 saturated carbocycles. The molecule has 0 saturated heterocycles. The molecule has 0 aliphatic carbocycles. The van der Waals surface area contributed by atoms with Crippen LogP contribution in [0.2, 0.25) is 5.02 Å². The molecule has 0 aliphatic heterocycles. The lowest BCUT2D eigenvalue weighted by molar-refractivity contribution is -0.143. The second-order valence-electron chi connectivity index (χ2n) is 2.99. The van der Waals surface area contributed by atoms with Crippen LogP contribution in [0.5, 0.6) is 0 Å². The molecule has 82 valence electrons. The summed E-state index contributed by atoms with van der Waals surface area (Å²) in [4.78, 5) is 15.1. The summed E-state index contributed by atoms with van der Waals surface area (Å²) >= 11 is 5.70. The quantitative estimate of drug-likeness (QED) is 0.799. The summed E-state index contributed by atoms with van der Waals surface area (Å²) < 4.78 is 4.79. The molecule has 5 heteroatoms. The van der Waals surface area contributed by atoms with Crippen LogP contribution in [-0.4, -0.2) is 17.6 Å². The number of anilines is 1. The molecular formula is C10H13ClN2O2. The van der Waals surface area contributed by atoms with Crippen molar-refractivity contribution in [1.29, 1.82) is 0 Å². The van der Waals surface area contributed by atoms with Gasteiger partial charge in [0.1, 0.15) is 0 Å². The fraction of sp³-hybridized carbons (Fsp3) is 0.400. The van der Waals surface area contributed by atoms with E-state index in [1.807, 2.05) is 0 Å². The maximum absolute atomic E-state index is 11.1. The summed E-state index contributed by atoms with van der Waals surface area (Å²) in [6.45, 7) is 2.16. The maximum Gasteiger partial charge on any atom is 0.306 e. The van der Waals surface area contributed by atoms with Crippen molar-refractivity contribution in [2.75, 3.05) is 12.3 Å². The van der Waals surface area contributed by atoms with Gasteiger partial charge in [0.15, 0.2) is 0 Å². The highest BCUT2D eigenvalue weighted by molar-refractivity contribution is 6.30. The van der Waals surface area contributed by atoms with Crippen LogP contribution in [0, 0.1) is 0 Å². The average molecular weight is 229 g/mol. The molecule has 0 atom stereocenters. The Labute approximate surface area is 93.4 Å². The van der Waals surface area contributed by atoms with E-state index in [0.29, 0.717) is 29.4 Å². The molecule has 4 nitrogen and oxygen atoms in total. The summed E-state index contributed by atoms with van der Waals surface area (Å²) in [6, 6.07) is 1.62. The highest BCUT2D eigenvalue weighted by Crippen LogP contribution is 2.16. The monoisotopic (exact) mass is 228 g/mol. The lowest BCUT2D eigenvalue weighted by atomic mass is 10.2. The van der Waals surface area contributed by atoms with Gasteiger partial charge in [0.25, 0.3) is 0 Å². The first kappa shape index (κ1) is 11.8. The van der Waals surface area contributed by atoms with E-state index in [1.54, 1.807) is 13.0 Å². The van der Waals surface area contributed by atoms with Crippen LogP contribution in [0.25, 0.3) is 0 Å². The first-order chi connectivity index (χ1) is 7.13. The summed E-state index contributed by atoms with van der Waals surface area (Å²) in [5, 5.41) is 0.493. The number of nitrogens with two attached hydrogens (primary N) is 1. The first-order valence-corrected chi connectivity index (χ1v) is 5.06. The number of carbonyl (C=O) groups is 1. The number of hydrogen-bond acceptors (Lipinski definition) is 4. The number of ether oxygens (including phenoxy) is 1. The Morgan fingerprint density at radius 3 is 3.00 bits per heavy atom. The number of rotatable bonds is 4.